The number of aromatic hydroxyl groups is 1. The number of hydrogen-bond donors (Lipinski definition) is 2. The van der Waals surface area contributed by atoms with Crippen molar-refractivity contribution < 1.29 is 18.3 Å². The summed E-state index contributed by atoms with van der Waals surface area (Å²) in [5.74, 6) is 1.18. The molecule has 4 atom stereocenters. The molecule has 150 valence electrons. The Morgan fingerprint density at radius 3 is 2.24 bits per heavy atom. The highest BCUT2D eigenvalue weighted by molar-refractivity contribution is 7.89. The van der Waals surface area contributed by atoms with Gasteiger partial charge in [0.25, 0.3) is 10.0 Å². The molecule has 2 aromatic rings. The molecule has 3 aliphatic rings. The molecular formula is C21H21N3O4S. The maximum absolute atomic E-state index is 12.5. The third kappa shape index (κ3) is 3.38. The largest absolute Gasteiger partial charge is 0.508 e. The highest BCUT2D eigenvalue weighted by Crippen LogP contribution is 2.44. The standard InChI is InChI=1S/C21H21N3O4S/c25-16-5-1-14(2-6-16)11-22-23-29(26,27)17-7-3-15(4-8-17)24-12-18-19(13-24)21-10-9-20(18)28-21/h1-11,18-21,23,25H,12-13H2/b22-11+/t18-,19+,20?,21?. The summed E-state index contributed by atoms with van der Waals surface area (Å²) in [6.45, 7) is 1.86. The van der Waals surface area contributed by atoms with Crippen LogP contribution >= 0.6 is 0 Å². The van der Waals surface area contributed by atoms with Crippen LogP contribution in [0.1, 0.15) is 5.56 Å². The predicted molar refractivity (Wildman–Crippen MR) is 109 cm³/mol. The zero-order valence-electron chi connectivity index (χ0n) is 15.5. The highest BCUT2D eigenvalue weighted by Gasteiger charge is 2.50. The normalized spacial score (nSPS) is 27.7. The number of ether oxygens (including phenoxy) is 1. The van der Waals surface area contributed by atoms with Crippen LogP contribution in [0.4, 0.5) is 5.69 Å². The Bertz CT molecular complexity index is 1040. The fourth-order valence-corrected chi connectivity index (χ4v) is 5.15. The number of hydrazone groups is 1. The second kappa shape index (κ2) is 6.89. The van der Waals surface area contributed by atoms with E-state index in [1.807, 2.05) is 12.1 Å². The van der Waals surface area contributed by atoms with E-state index in [4.69, 9.17) is 4.74 Å². The Morgan fingerprint density at radius 2 is 1.62 bits per heavy atom. The smallest absolute Gasteiger partial charge is 0.276 e. The van der Waals surface area contributed by atoms with Crippen molar-refractivity contribution in [3.63, 3.8) is 0 Å². The third-order valence-corrected chi connectivity index (χ3v) is 7.09. The Balaban J connectivity index is 1.24. The molecule has 29 heavy (non-hydrogen) atoms. The number of anilines is 1. The summed E-state index contributed by atoms with van der Waals surface area (Å²) in [6, 6.07) is 13.2. The molecule has 3 aliphatic heterocycles. The number of sulfonamides is 1. The van der Waals surface area contributed by atoms with Crippen LogP contribution in [0.5, 0.6) is 5.75 Å². The van der Waals surface area contributed by atoms with Gasteiger partial charge in [-0.15, -0.1) is 0 Å². The lowest BCUT2D eigenvalue weighted by atomic mass is 9.86. The van der Waals surface area contributed by atoms with Gasteiger partial charge < -0.3 is 14.7 Å². The van der Waals surface area contributed by atoms with Gasteiger partial charge in [-0.1, -0.05) is 12.2 Å². The molecule has 2 saturated heterocycles. The van der Waals surface area contributed by atoms with Gasteiger partial charge in [0, 0.05) is 30.6 Å². The Morgan fingerprint density at radius 1 is 1.00 bits per heavy atom. The van der Waals surface area contributed by atoms with Gasteiger partial charge in [-0.3, -0.25) is 0 Å². The van der Waals surface area contributed by atoms with Crippen LogP contribution in [0.2, 0.25) is 0 Å². The summed E-state index contributed by atoms with van der Waals surface area (Å²) >= 11 is 0. The topological polar surface area (TPSA) is 91.2 Å². The predicted octanol–water partition coefficient (Wildman–Crippen LogP) is 2.09. The van der Waals surface area contributed by atoms with E-state index in [1.54, 1.807) is 24.3 Å². The molecular weight excluding hydrogens is 390 g/mol. The molecule has 3 heterocycles. The zero-order chi connectivity index (χ0) is 20.0. The molecule has 0 radical (unpaired) electrons. The van der Waals surface area contributed by atoms with Gasteiger partial charge in [-0.2, -0.15) is 13.5 Å². The second-order valence-corrected chi connectivity index (χ2v) is 9.28. The van der Waals surface area contributed by atoms with E-state index in [-0.39, 0.29) is 22.9 Å². The number of phenols is 1. The first-order valence-electron chi connectivity index (χ1n) is 9.52. The summed E-state index contributed by atoms with van der Waals surface area (Å²) in [4.78, 5) is 4.68. The number of phenolic OH excluding ortho intramolecular Hbond substituents is 1. The van der Waals surface area contributed by atoms with E-state index in [2.05, 4.69) is 27.0 Å². The van der Waals surface area contributed by atoms with Crippen molar-refractivity contribution in [1.29, 1.82) is 0 Å². The first-order valence-corrected chi connectivity index (χ1v) is 11.0. The highest BCUT2D eigenvalue weighted by atomic mass is 32.2. The van der Waals surface area contributed by atoms with Gasteiger partial charge in [0.05, 0.1) is 23.3 Å². The second-order valence-electron chi connectivity index (χ2n) is 7.62. The number of benzene rings is 2. The quantitative estimate of drug-likeness (QED) is 0.447. The van der Waals surface area contributed by atoms with Crippen LogP contribution in [0, 0.1) is 11.8 Å². The lowest BCUT2D eigenvalue weighted by Gasteiger charge is -2.21. The van der Waals surface area contributed by atoms with Crippen molar-refractivity contribution in [2.45, 2.75) is 17.1 Å². The maximum Gasteiger partial charge on any atom is 0.276 e. The summed E-state index contributed by atoms with van der Waals surface area (Å²) in [5.41, 5.74) is 1.69. The number of rotatable bonds is 5. The Labute approximate surface area is 169 Å². The van der Waals surface area contributed by atoms with Gasteiger partial charge in [0.1, 0.15) is 5.75 Å². The molecule has 2 unspecified atom stereocenters. The van der Waals surface area contributed by atoms with Gasteiger partial charge >= 0.3 is 0 Å². The Hall–Kier alpha value is -2.84. The Kier molecular flexibility index (Phi) is 4.33. The summed E-state index contributed by atoms with van der Waals surface area (Å²) < 4.78 is 30.8. The van der Waals surface area contributed by atoms with E-state index in [0.29, 0.717) is 17.4 Å². The van der Waals surface area contributed by atoms with Crippen molar-refractivity contribution in [3.8, 4) is 5.75 Å². The third-order valence-electron chi connectivity index (χ3n) is 5.85. The fraction of sp³-hybridized carbons (Fsp3) is 0.286. The summed E-state index contributed by atoms with van der Waals surface area (Å²) in [6.07, 6.45) is 6.17. The van der Waals surface area contributed by atoms with Gasteiger partial charge in [0.15, 0.2) is 0 Å². The van der Waals surface area contributed by atoms with Crippen LogP contribution in [0.15, 0.2) is 70.7 Å². The first kappa shape index (κ1) is 18.2. The fourth-order valence-electron chi connectivity index (χ4n) is 4.36. The van der Waals surface area contributed by atoms with E-state index < -0.39 is 10.0 Å². The van der Waals surface area contributed by atoms with Crippen molar-refractivity contribution >= 4 is 21.9 Å². The minimum Gasteiger partial charge on any atom is -0.508 e. The molecule has 2 bridgehead atoms. The van der Waals surface area contributed by atoms with Crippen LogP contribution in [0.3, 0.4) is 0 Å². The first-order chi connectivity index (χ1) is 14.0. The zero-order valence-corrected chi connectivity index (χ0v) is 16.4. The van der Waals surface area contributed by atoms with Crippen LogP contribution < -0.4 is 9.73 Å². The monoisotopic (exact) mass is 411 g/mol. The molecule has 0 spiro atoms. The van der Waals surface area contributed by atoms with E-state index >= 15 is 0 Å². The van der Waals surface area contributed by atoms with Gasteiger partial charge in [0.2, 0.25) is 0 Å². The number of fused-ring (bicyclic) bond motifs is 5. The average Bonchev–Trinajstić information content (AvgIpc) is 3.43. The molecule has 7 nitrogen and oxygen atoms in total. The molecule has 8 heteroatoms. The van der Waals surface area contributed by atoms with Crippen molar-refractivity contribution in [2.75, 3.05) is 18.0 Å². The van der Waals surface area contributed by atoms with Crippen molar-refractivity contribution in [1.82, 2.24) is 4.83 Å². The minimum atomic E-state index is -3.75. The lowest BCUT2D eigenvalue weighted by molar-refractivity contribution is 0.100. The molecule has 0 aliphatic carbocycles. The molecule has 2 aromatic carbocycles. The molecule has 2 N–H and O–H groups in total. The summed E-state index contributed by atoms with van der Waals surface area (Å²) in [5, 5.41) is 13.1. The summed E-state index contributed by atoms with van der Waals surface area (Å²) in [7, 11) is -3.75. The molecule has 0 aromatic heterocycles. The van der Waals surface area contributed by atoms with E-state index in [0.717, 1.165) is 18.8 Å². The number of nitrogens with zero attached hydrogens (tertiary/aromatic N) is 2. The van der Waals surface area contributed by atoms with Gasteiger partial charge in [-0.05, 0) is 54.1 Å². The number of hydrogen-bond acceptors (Lipinski definition) is 6. The van der Waals surface area contributed by atoms with Crippen LogP contribution in [-0.4, -0.2) is 45.0 Å². The SMILES string of the molecule is O=S(=O)(N/N=C/c1ccc(O)cc1)c1ccc(N2C[C@@H]3C4C=CC(O4)[C@@H]3C2)cc1. The van der Waals surface area contributed by atoms with Gasteiger partial charge in [-0.25, -0.2) is 4.83 Å². The molecule has 2 fully saturated rings. The molecule has 5 rings (SSSR count). The molecule has 0 saturated carbocycles. The average molecular weight is 411 g/mol. The maximum atomic E-state index is 12.5. The van der Waals surface area contributed by atoms with E-state index in [9.17, 15) is 13.5 Å². The van der Waals surface area contributed by atoms with Crippen LogP contribution in [-0.2, 0) is 14.8 Å². The molecule has 0 amide bonds. The van der Waals surface area contributed by atoms with Crippen molar-refractivity contribution in [2.24, 2.45) is 16.9 Å². The lowest BCUT2D eigenvalue weighted by Crippen LogP contribution is -2.24. The van der Waals surface area contributed by atoms with E-state index in [1.165, 1.54) is 18.3 Å². The minimum absolute atomic E-state index is 0.140. The van der Waals surface area contributed by atoms with Crippen molar-refractivity contribution in [3.05, 3.63) is 66.2 Å². The van der Waals surface area contributed by atoms with Crippen LogP contribution in [0.25, 0.3) is 0 Å². The number of nitrogens with one attached hydrogen (secondary N) is 1.